The number of rotatable bonds is 0. The number of hydrogen-bond donors (Lipinski definition) is 1. The fourth-order valence-corrected chi connectivity index (χ4v) is 0.695. The minimum atomic E-state index is -0.719. The molecule has 50 valence electrons. The lowest BCUT2D eigenvalue weighted by Gasteiger charge is -2.07. The van der Waals surface area contributed by atoms with Crippen molar-refractivity contribution in [3.8, 4) is 0 Å². The Morgan fingerprint density at radius 2 is 2.56 bits per heavy atom. The Morgan fingerprint density at radius 1 is 1.78 bits per heavy atom. The van der Waals surface area contributed by atoms with Gasteiger partial charge < -0.3 is 0 Å². The molecule has 1 N–H and O–H groups in total. The molecule has 1 rings (SSSR count). The van der Waals surface area contributed by atoms with Crippen molar-refractivity contribution in [2.24, 2.45) is 0 Å². The molecule has 4 heteroatoms. The van der Waals surface area contributed by atoms with E-state index in [1.165, 1.54) is 4.90 Å². The summed E-state index contributed by atoms with van der Waals surface area (Å²) in [5.74, 6) is 0. The van der Waals surface area contributed by atoms with Gasteiger partial charge in [0, 0.05) is 12.7 Å². The number of nitrogens with zero attached hydrogens (tertiary/aromatic N) is 1. The van der Waals surface area contributed by atoms with E-state index in [4.69, 9.17) is 5.26 Å². The first-order valence-corrected chi connectivity index (χ1v) is 2.63. The highest BCUT2D eigenvalue weighted by Crippen LogP contribution is 2.04. The molecular weight excluding hydrogens is 122 g/mol. The Morgan fingerprint density at radius 3 is 3.00 bits per heavy atom. The van der Waals surface area contributed by atoms with Crippen molar-refractivity contribution in [2.45, 2.75) is 6.42 Å². The molecule has 1 aliphatic heterocycles. The monoisotopic (exact) mass is 129 g/mol. The summed E-state index contributed by atoms with van der Waals surface area (Å²) in [4.78, 5) is 15.2. The SMILES string of the molecule is O=C(OO)N1C=CCC1. The first-order valence-electron chi connectivity index (χ1n) is 2.63. The molecule has 0 bridgehead atoms. The van der Waals surface area contributed by atoms with Gasteiger partial charge in [-0.3, -0.25) is 9.79 Å². The smallest absolute Gasteiger partial charge is 0.282 e. The highest BCUT2D eigenvalue weighted by atomic mass is 17.1. The van der Waals surface area contributed by atoms with Gasteiger partial charge in [0.15, 0.2) is 0 Å². The van der Waals surface area contributed by atoms with Crippen LogP contribution in [-0.4, -0.2) is 22.8 Å². The van der Waals surface area contributed by atoms with Crippen molar-refractivity contribution in [1.29, 1.82) is 0 Å². The molecule has 0 saturated heterocycles. The first kappa shape index (κ1) is 6.10. The predicted octanol–water partition coefficient (Wildman–Crippen LogP) is 0.815. The van der Waals surface area contributed by atoms with Crippen molar-refractivity contribution < 1.29 is 14.9 Å². The van der Waals surface area contributed by atoms with Gasteiger partial charge in [0.25, 0.3) is 0 Å². The van der Waals surface area contributed by atoms with Crippen LogP contribution in [0.2, 0.25) is 0 Å². The first-order chi connectivity index (χ1) is 4.34. The lowest BCUT2D eigenvalue weighted by atomic mass is 10.5. The summed E-state index contributed by atoms with van der Waals surface area (Å²) in [6.45, 7) is 0.597. The highest BCUT2D eigenvalue weighted by molar-refractivity contribution is 5.68. The zero-order valence-corrected chi connectivity index (χ0v) is 4.78. The van der Waals surface area contributed by atoms with Crippen LogP contribution in [0.5, 0.6) is 0 Å². The summed E-state index contributed by atoms with van der Waals surface area (Å²) < 4.78 is 0. The van der Waals surface area contributed by atoms with Gasteiger partial charge in [-0.15, -0.1) is 0 Å². The maximum absolute atomic E-state index is 10.4. The van der Waals surface area contributed by atoms with Crippen molar-refractivity contribution >= 4 is 6.09 Å². The number of carbonyl (C=O) groups is 1. The second kappa shape index (κ2) is 2.50. The number of carbonyl (C=O) groups excluding carboxylic acids is 1. The molecule has 0 aromatic heterocycles. The van der Waals surface area contributed by atoms with Crippen molar-refractivity contribution in [1.82, 2.24) is 4.90 Å². The maximum atomic E-state index is 10.4. The molecule has 0 aromatic carbocycles. The van der Waals surface area contributed by atoms with Gasteiger partial charge in [-0.05, 0) is 6.42 Å². The molecule has 1 amide bonds. The van der Waals surface area contributed by atoms with Gasteiger partial charge in [-0.2, -0.15) is 5.26 Å². The third-order valence-corrected chi connectivity index (χ3v) is 1.13. The van der Waals surface area contributed by atoms with Crippen LogP contribution >= 0.6 is 0 Å². The average molecular weight is 129 g/mol. The third kappa shape index (κ3) is 1.20. The molecule has 1 heterocycles. The van der Waals surface area contributed by atoms with Crippen LogP contribution in [0.25, 0.3) is 0 Å². The van der Waals surface area contributed by atoms with Gasteiger partial charge in [0.2, 0.25) is 0 Å². The normalized spacial score (nSPS) is 16.3. The lowest BCUT2D eigenvalue weighted by molar-refractivity contribution is -0.185. The molecule has 0 aromatic rings. The summed E-state index contributed by atoms with van der Waals surface area (Å²) in [6.07, 6.45) is 3.52. The second-order valence-electron chi connectivity index (χ2n) is 1.72. The summed E-state index contributed by atoms with van der Waals surface area (Å²) >= 11 is 0. The molecule has 0 saturated carbocycles. The van der Waals surface area contributed by atoms with Crippen LogP contribution in [0.15, 0.2) is 12.3 Å². The fraction of sp³-hybridized carbons (Fsp3) is 0.400. The van der Waals surface area contributed by atoms with Crippen LogP contribution < -0.4 is 0 Å². The Balaban J connectivity index is 2.43. The molecule has 0 atom stereocenters. The van der Waals surface area contributed by atoms with Crippen LogP contribution in [0, 0.1) is 0 Å². The summed E-state index contributed by atoms with van der Waals surface area (Å²) in [5.41, 5.74) is 0. The van der Waals surface area contributed by atoms with Crippen molar-refractivity contribution in [3.05, 3.63) is 12.3 Å². The molecule has 0 radical (unpaired) electrons. The molecule has 1 aliphatic rings. The van der Waals surface area contributed by atoms with Crippen LogP contribution in [0.4, 0.5) is 4.79 Å². The van der Waals surface area contributed by atoms with E-state index in [1.807, 2.05) is 6.08 Å². The van der Waals surface area contributed by atoms with E-state index in [0.717, 1.165) is 6.42 Å². The molecule has 0 spiro atoms. The van der Waals surface area contributed by atoms with Gasteiger partial charge in [-0.25, -0.2) is 4.79 Å². The molecule has 0 aliphatic carbocycles. The molecule has 9 heavy (non-hydrogen) atoms. The van der Waals surface area contributed by atoms with Crippen molar-refractivity contribution in [2.75, 3.05) is 6.54 Å². The third-order valence-electron chi connectivity index (χ3n) is 1.13. The zero-order valence-electron chi connectivity index (χ0n) is 4.78. The Bertz CT molecular complexity index is 143. The van der Waals surface area contributed by atoms with E-state index in [1.54, 1.807) is 6.20 Å². The standard InChI is InChI=1S/C5H7NO3/c7-5(9-8)6-3-1-2-4-6/h1,3,8H,2,4H2. The number of hydrogen-bond acceptors (Lipinski definition) is 3. The Labute approximate surface area is 52.3 Å². The van der Waals surface area contributed by atoms with Gasteiger partial charge in [-0.1, -0.05) is 6.08 Å². The van der Waals surface area contributed by atoms with E-state index < -0.39 is 6.09 Å². The summed E-state index contributed by atoms with van der Waals surface area (Å²) in [6, 6.07) is 0. The summed E-state index contributed by atoms with van der Waals surface area (Å²) in [7, 11) is 0. The van der Waals surface area contributed by atoms with E-state index in [-0.39, 0.29) is 0 Å². The molecule has 4 nitrogen and oxygen atoms in total. The van der Waals surface area contributed by atoms with Crippen molar-refractivity contribution in [3.63, 3.8) is 0 Å². The quantitative estimate of drug-likeness (QED) is 0.389. The molecule has 0 fully saturated rings. The minimum Gasteiger partial charge on any atom is -0.282 e. The predicted molar refractivity (Wildman–Crippen MR) is 29.6 cm³/mol. The van der Waals surface area contributed by atoms with E-state index >= 15 is 0 Å². The van der Waals surface area contributed by atoms with Gasteiger partial charge in [0.1, 0.15) is 0 Å². The topological polar surface area (TPSA) is 49.8 Å². The Hall–Kier alpha value is -1.03. The van der Waals surface area contributed by atoms with E-state index in [9.17, 15) is 4.79 Å². The average Bonchev–Trinajstić information content (AvgIpc) is 2.37. The maximum Gasteiger partial charge on any atom is 0.444 e. The lowest BCUT2D eigenvalue weighted by Crippen LogP contribution is -2.23. The second-order valence-corrected chi connectivity index (χ2v) is 1.72. The minimum absolute atomic E-state index is 0.597. The fourth-order valence-electron chi connectivity index (χ4n) is 0.695. The Kier molecular flexibility index (Phi) is 1.69. The van der Waals surface area contributed by atoms with Gasteiger partial charge in [0.05, 0.1) is 0 Å². The molecule has 0 unspecified atom stereocenters. The van der Waals surface area contributed by atoms with Crippen LogP contribution in [-0.2, 0) is 4.89 Å². The summed E-state index contributed by atoms with van der Waals surface area (Å²) in [5, 5.41) is 7.87. The van der Waals surface area contributed by atoms with Gasteiger partial charge >= 0.3 is 6.09 Å². The van der Waals surface area contributed by atoms with Crippen LogP contribution in [0.3, 0.4) is 0 Å². The zero-order chi connectivity index (χ0) is 6.69. The number of amides is 1. The van der Waals surface area contributed by atoms with E-state index in [0.29, 0.717) is 6.54 Å². The van der Waals surface area contributed by atoms with Crippen LogP contribution in [0.1, 0.15) is 6.42 Å². The highest BCUT2D eigenvalue weighted by Gasteiger charge is 2.13. The largest absolute Gasteiger partial charge is 0.444 e. The molecular formula is C5H7NO3. The van der Waals surface area contributed by atoms with E-state index in [2.05, 4.69) is 4.89 Å².